The van der Waals surface area contributed by atoms with E-state index in [-0.39, 0.29) is 5.41 Å². The average Bonchev–Trinajstić information content (AvgIpc) is 3.46. The predicted octanol–water partition coefficient (Wildman–Crippen LogP) is 7.33. The first-order chi connectivity index (χ1) is 16.5. The molecule has 1 N–H and O–H groups in total. The smallest absolute Gasteiger partial charge is 0.123 e. The maximum atomic E-state index is 5.76. The van der Waals surface area contributed by atoms with Crippen molar-refractivity contribution in [3.05, 3.63) is 101 Å². The molecule has 2 bridgehead atoms. The first kappa shape index (κ1) is 23.2. The van der Waals surface area contributed by atoms with Crippen LogP contribution in [-0.2, 0) is 12.0 Å². The van der Waals surface area contributed by atoms with Crippen molar-refractivity contribution < 1.29 is 4.74 Å². The van der Waals surface area contributed by atoms with Gasteiger partial charge in [-0.15, -0.1) is 0 Å². The van der Waals surface area contributed by atoms with E-state index in [2.05, 4.69) is 105 Å². The lowest BCUT2D eigenvalue weighted by Gasteiger charge is -2.38. The van der Waals surface area contributed by atoms with Crippen LogP contribution in [0.25, 0.3) is 0 Å². The summed E-state index contributed by atoms with van der Waals surface area (Å²) in [6.07, 6.45) is 4.08. The summed E-state index contributed by atoms with van der Waals surface area (Å²) in [4.78, 5) is 0. The first-order valence-electron chi connectivity index (χ1n) is 13.0. The summed E-state index contributed by atoms with van der Waals surface area (Å²) >= 11 is 0. The van der Waals surface area contributed by atoms with Crippen LogP contribution in [-0.4, -0.2) is 13.2 Å². The minimum absolute atomic E-state index is 0.127. The molecule has 3 aromatic rings. The number of nitrogens with one attached hydrogen (secondary N) is 1. The van der Waals surface area contributed by atoms with Gasteiger partial charge in [-0.2, -0.15) is 0 Å². The third kappa shape index (κ3) is 4.53. The molecule has 3 aromatic carbocycles. The maximum Gasteiger partial charge on any atom is 0.123 e. The van der Waals surface area contributed by atoms with E-state index < -0.39 is 0 Å². The molecule has 0 aromatic heterocycles. The van der Waals surface area contributed by atoms with E-state index >= 15 is 0 Å². The molecule has 2 aliphatic carbocycles. The Morgan fingerprint density at radius 2 is 1.47 bits per heavy atom. The van der Waals surface area contributed by atoms with Crippen LogP contribution in [0.1, 0.15) is 68.2 Å². The van der Waals surface area contributed by atoms with E-state index in [1.807, 2.05) is 0 Å². The zero-order valence-corrected chi connectivity index (χ0v) is 21.1. The number of fused-ring (bicyclic) bond motifs is 2. The van der Waals surface area contributed by atoms with Gasteiger partial charge in [0, 0.05) is 24.1 Å². The van der Waals surface area contributed by atoms with Crippen molar-refractivity contribution >= 4 is 0 Å². The van der Waals surface area contributed by atoms with Gasteiger partial charge >= 0.3 is 0 Å². The van der Waals surface area contributed by atoms with Crippen LogP contribution < -0.4 is 10.1 Å². The molecule has 178 valence electrons. The minimum Gasteiger partial charge on any atom is -0.496 e. The molecule has 2 fully saturated rings. The van der Waals surface area contributed by atoms with Gasteiger partial charge in [0.05, 0.1) is 7.11 Å². The van der Waals surface area contributed by atoms with E-state index in [1.165, 1.54) is 41.5 Å². The summed E-state index contributed by atoms with van der Waals surface area (Å²) in [5.74, 6) is 3.58. The fraction of sp³-hybridized carbons (Fsp3) is 0.438. The molecular weight excluding hydrogens is 414 g/mol. The average molecular weight is 454 g/mol. The molecule has 0 heterocycles. The molecule has 34 heavy (non-hydrogen) atoms. The summed E-state index contributed by atoms with van der Waals surface area (Å²) in [5, 5.41) is 4.07. The Bertz CT molecular complexity index is 1050. The Labute approximate surface area is 205 Å². The molecule has 2 saturated carbocycles. The molecule has 2 heteroatoms. The van der Waals surface area contributed by atoms with Gasteiger partial charge in [-0.05, 0) is 65.2 Å². The maximum absolute atomic E-state index is 5.76. The Kier molecular flexibility index (Phi) is 6.53. The monoisotopic (exact) mass is 453 g/mol. The van der Waals surface area contributed by atoms with E-state index in [0.29, 0.717) is 17.9 Å². The third-order valence-electron chi connectivity index (χ3n) is 8.36. The molecule has 2 nitrogen and oxygen atoms in total. The van der Waals surface area contributed by atoms with Crippen molar-refractivity contribution in [2.75, 3.05) is 7.11 Å². The first-order valence-corrected chi connectivity index (χ1v) is 13.0. The van der Waals surface area contributed by atoms with Gasteiger partial charge in [0.1, 0.15) is 5.75 Å². The highest BCUT2D eigenvalue weighted by atomic mass is 16.5. The highest BCUT2D eigenvalue weighted by molar-refractivity contribution is 5.40. The fourth-order valence-corrected chi connectivity index (χ4v) is 6.69. The standard InChI is InChI=1S/C32H39NO/c1-32(2,3)27-17-18-28(34-4)26(20-27)21-33-31-25-16-15-24(19-25)30(31)29(22-11-7-5-8-12-22)23-13-9-6-10-14-23/h5-14,17-18,20,24-25,29-31,33H,15-16,19,21H2,1-4H3. The zero-order valence-electron chi connectivity index (χ0n) is 21.1. The van der Waals surface area contributed by atoms with Crippen molar-refractivity contribution in [3.63, 3.8) is 0 Å². The summed E-state index contributed by atoms with van der Waals surface area (Å²) < 4.78 is 5.76. The Morgan fingerprint density at radius 3 is 2.06 bits per heavy atom. The van der Waals surface area contributed by atoms with Gasteiger partial charge in [0.2, 0.25) is 0 Å². The molecule has 2 aliphatic rings. The molecule has 4 unspecified atom stereocenters. The SMILES string of the molecule is COc1ccc(C(C)(C)C)cc1CNC1C2CCC(C2)C1C(c1ccccc1)c1ccccc1. The number of rotatable bonds is 7. The molecule has 0 aliphatic heterocycles. The van der Waals surface area contributed by atoms with E-state index in [4.69, 9.17) is 4.74 Å². The van der Waals surface area contributed by atoms with Crippen molar-refractivity contribution in [2.45, 2.75) is 64.0 Å². The molecule has 0 amide bonds. The van der Waals surface area contributed by atoms with Crippen LogP contribution in [0, 0.1) is 17.8 Å². The van der Waals surface area contributed by atoms with Crippen molar-refractivity contribution in [1.82, 2.24) is 5.32 Å². The third-order valence-corrected chi connectivity index (χ3v) is 8.36. The summed E-state index contributed by atoms with van der Waals surface area (Å²) in [5.41, 5.74) is 5.66. The molecular formula is C32H39NO. The molecule has 0 saturated heterocycles. The lowest BCUT2D eigenvalue weighted by Crippen LogP contribution is -2.43. The van der Waals surface area contributed by atoms with Gasteiger partial charge in [-0.3, -0.25) is 0 Å². The van der Waals surface area contributed by atoms with E-state index in [0.717, 1.165) is 24.1 Å². The summed E-state index contributed by atoms with van der Waals surface area (Å²) in [6, 6.07) is 29.6. The predicted molar refractivity (Wildman–Crippen MR) is 141 cm³/mol. The molecule has 0 radical (unpaired) electrons. The van der Waals surface area contributed by atoms with Crippen LogP contribution in [0.4, 0.5) is 0 Å². The lowest BCUT2D eigenvalue weighted by atomic mass is 9.70. The number of hydrogen-bond acceptors (Lipinski definition) is 2. The highest BCUT2D eigenvalue weighted by Gasteiger charge is 2.50. The normalized spacial score (nSPS) is 24.0. The highest BCUT2D eigenvalue weighted by Crippen LogP contribution is 2.55. The van der Waals surface area contributed by atoms with Crippen molar-refractivity contribution in [2.24, 2.45) is 17.8 Å². The van der Waals surface area contributed by atoms with Crippen LogP contribution in [0.3, 0.4) is 0 Å². The molecule has 4 atom stereocenters. The van der Waals surface area contributed by atoms with Gasteiger partial charge < -0.3 is 10.1 Å². The number of benzene rings is 3. The molecule has 5 rings (SSSR count). The van der Waals surface area contributed by atoms with Gasteiger partial charge in [0.15, 0.2) is 0 Å². The van der Waals surface area contributed by atoms with Crippen LogP contribution >= 0.6 is 0 Å². The second-order valence-corrected chi connectivity index (χ2v) is 11.4. The van der Waals surface area contributed by atoms with Crippen LogP contribution in [0.2, 0.25) is 0 Å². The Morgan fingerprint density at radius 1 is 0.853 bits per heavy atom. The fourth-order valence-electron chi connectivity index (χ4n) is 6.69. The van der Waals surface area contributed by atoms with Gasteiger partial charge in [0.25, 0.3) is 0 Å². The Hall–Kier alpha value is -2.58. The van der Waals surface area contributed by atoms with Gasteiger partial charge in [-0.25, -0.2) is 0 Å². The largest absolute Gasteiger partial charge is 0.496 e. The topological polar surface area (TPSA) is 21.3 Å². The quantitative estimate of drug-likeness (QED) is 0.404. The summed E-state index contributed by atoms with van der Waals surface area (Å²) in [6.45, 7) is 7.70. The number of hydrogen-bond donors (Lipinski definition) is 1. The Balaban J connectivity index is 1.46. The lowest BCUT2D eigenvalue weighted by molar-refractivity contribution is 0.224. The van der Waals surface area contributed by atoms with Crippen LogP contribution in [0.5, 0.6) is 5.75 Å². The second-order valence-electron chi connectivity index (χ2n) is 11.4. The zero-order chi connectivity index (χ0) is 23.7. The molecule has 0 spiro atoms. The summed E-state index contributed by atoms with van der Waals surface area (Å²) in [7, 11) is 1.79. The van der Waals surface area contributed by atoms with Gasteiger partial charge in [-0.1, -0.05) is 93.6 Å². The van der Waals surface area contributed by atoms with E-state index in [9.17, 15) is 0 Å². The van der Waals surface area contributed by atoms with Crippen LogP contribution in [0.15, 0.2) is 78.9 Å². The second kappa shape index (κ2) is 9.58. The number of methoxy groups -OCH3 is 1. The number of ether oxygens (including phenoxy) is 1. The van der Waals surface area contributed by atoms with Crippen molar-refractivity contribution in [1.29, 1.82) is 0 Å². The minimum atomic E-state index is 0.127. The van der Waals surface area contributed by atoms with E-state index in [1.54, 1.807) is 7.11 Å². The van der Waals surface area contributed by atoms with Crippen molar-refractivity contribution in [3.8, 4) is 5.75 Å².